The van der Waals surface area contributed by atoms with Gasteiger partial charge in [0, 0.05) is 0 Å². The van der Waals surface area contributed by atoms with E-state index in [9.17, 15) is 4.79 Å². The average Bonchev–Trinajstić information content (AvgIpc) is 2.83. The Morgan fingerprint density at radius 1 is 0.850 bits per heavy atom. The molecule has 20 heavy (non-hydrogen) atoms. The molecule has 0 spiro atoms. The number of carbonyl (C=O) groups excluding carboxylic acids is 1. The molecule has 0 unspecified atom stereocenters. The second-order valence-electron chi connectivity index (χ2n) is 4.96. The van der Waals surface area contributed by atoms with Crippen molar-refractivity contribution in [1.29, 1.82) is 0 Å². The highest BCUT2D eigenvalue weighted by Crippen LogP contribution is 2.47. The van der Waals surface area contributed by atoms with E-state index < -0.39 is 0 Å². The fourth-order valence-corrected chi connectivity index (χ4v) is 3.04. The standard InChI is InChI=1S/C18H12O2/c1-20-18(19)12-8-9-13-14-6-2-4-11-5-3-7-15(17(11)14)16(13)10-12/h2-10H,1H3. The molecule has 0 radical (unpaired) electrons. The first-order valence-corrected chi connectivity index (χ1v) is 6.54. The van der Waals surface area contributed by atoms with E-state index in [1.807, 2.05) is 18.2 Å². The zero-order chi connectivity index (χ0) is 13.7. The van der Waals surface area contributed by atoms with E-state index in [1.54, 1.807) is 0 Å². The van der Waals surface area contributed by atoms with Crippen molar-refractivity contribution in [3.8, 4) is 22.3 Å². The van der Waals surface area contributed by atoms with E-state index in [1.165, 1.54) is 34.6 Å². The van der Waals surface area contributed by atoms with Crippen LogP contribution in [0.2, 0.25) is 0 Å². The Bertz CT molecular complexity index is 857. The summed E-state index contributed by atoms with van der Waals surface area (Å²) in [5, 5.41) is 2.50. The summed E-state index contributed by atoms with van der Waals surface area (Å²) in [7, 11) is 1.41. The number of rotatable bonds is 1. The predicted molar refractivity (Wildman–Crippen MR) is 79.7 cm³/mol. The van der Waals surface area contributed by atoms with Crippen molar-refractivity contribution < 1.29 is 9.53 Å². The van der Waals surface area contributed by atoms with Gasteiger partial charge in [-0.25, -0.2) is 4.79 Å². The Hall–Kier alpha value is -2.61. The molecule has 0 aliphatic heterocycles. The van der Waals surface area contributed by atoms with E-state index in [0.717, 1.165) is 5.56 Å². The molecule has 0 saturated heterocycles. The minimum atomic E-state index is -0.295. The van der Waals surface area contributed by atoms with E-state index in [4.69, 9.17) is 4.74 Å². The third-order valence-corrected chi connectivity index (χ3v) is 3.93. The monoisotopic (exact) mass is 260 g/mol. The summed E-state index contributed by atoms with van der Waals surface area (Å²) in [6.45, 7) is 0. The molecule has 2 heteroatoms. The van der Waals surface area contributed by atoms with Gasteiger partial charge in [0.2, 0.25) is 0 Å². The molecule has 4 rings (SSSR count). The van der Waals surface area contributed by atoms with Gasteiger partial charge in [0.05, 0.1) is 12.7 Å². The molecule has 1 aliphatic rings. The Kier molecular flexibility index (Phi) is 2.21. The van der Waals surface area contributed by atoms with E-state index in [0.29, 0.717) is 5.56 Å². The van der Waals surface area contributed by atoms with Gasteiger partial charge >= 0.3 is 5.97 Å². The highest BCUT2D eigenvalue weighted by atomic mass is 16.5. The number of carbonyl (C=O) groups is 1. The second kappa shape index (κ2) is 3.94. The van der Waals surface area contributed by atoms with Crippen molar-refractivity contribution in [2.75, 3.05) is 7.11 Å². The molecule has 3 aromatic rings. The number of benzene rings is 3. The molecule has 3 aromatic carbocycles. The molecule has 0 fully saturated rings. The lowest BCUT2D eigenvalue weighted by Gasteiger charge is -2.04. The summed E-state index contributed by atoms with van der Waals surface area (Å²) >= 11 is 0. The summed E-state index contributed by atoms with van der Waals surface area (Å²) in [4.78, 5) is 11.7. The van der Waals surface area contributed by atoms with Crippen molar-refractivity contribution in [2.24, 2.45) is 0 Å². The maximum absolute atomic E-state index is 11.7. The SMILES string of the molecule is COC(=O)c1ccc2c(c1)-c1cccc3cccc-2c13. The van der Waals surface area contributed by atoms with Crippen molar-refractivity contribution in [2.45, 2.75) is 0 Å². The van der Waals surface area contributed by atoms with Crippen LogP contribution in [0, 0.1) is 0 Å². The Morgan fingerprint density at radius 2 is 1.55 bits per heavy atom. The quantitative estimate of drug-likeness (QED) is 0.478. The van der Waals surface area contributed by atoms with Crippen LogP contribution in [-0.2, 0) is 4.74 Å². The van der Waals surface area contributed by atoms with Crippen LogP contribution in [0.3, 0.4) is 0 Å². The number of esters is 1. The van der Waals surface area contributed by atoms with Gasteiger partial charge in [-0.1, -0.05) is 42.5 Å². The van der Waals surface area contributed by atoms with Gasteiger partial charge in [-0.2, -0.15) is 0 Å². The van der Waals surface area contributed by atoms with Crippen LogP contribution in [0.25, 0.3) is 33.0 Å². The topological polar surface area (TPSA) is 26.3 Å². The van der Waals surface area contributed by atoms with E-state index in [-0.39, 0.29) is 5.97 Å². The number of ether oxygens (including phenoxy) is 1. The van der Waals surface area contributed by atoms with Crippen LogP contribution >= 0.6 is 0 Å². The van der Waals surface area contributed by atoms with Gasteiger partial charge in [0.15, 0.2) is 0 Å². The van der Waals surface area contributed by atoms with Crippen molar-refractivity contribution in [3.63, 3.8) is 0 Å². The lowest BCUT2D eigenvalue weighted by Crippen LogP contribution is -2.00. The first-order chi connectivity index (χ1) is 9.79. The minimum absolute atomic E-state index is 0.295. The molecule has 0 aromatic heterocycles. The van der Waals surface area contributed by atoms with Crippen LogP contribution < -0.4 is 0 Å². The van der Waals surface area contributed by atoms with E-state index in [2.05, 4.69) is 36.4 Å². The third-order valence-electron chi connectivity index (χ3n) is 3.93. The lowest BCUT2D eigenvalue weighted by molar-refractivity contribution is 0.0601. The van der Waals surface area contributed by atoms with Gasteiger partial charge in [-0.15, -0.1) is 0 Å². The molecule has 0 bridgehead atoms. The summed E-state index contributed by atoms with van der Waals surface area (Å²) in [6.07, 6.45) is 0. The Labute approximate surface area is 116 Å². The van der Waals surface area contributed by atoms with Gasteiger partial charge < -0.3 is 4.74 Å². The lowest BCUT2D eigenvalue weighted by atomic mass is 10.0. The maximum atomic E-state index is 11.7. The smallest absolute Gasteiger partial charge is 0.337 e. The third kappa shape index (κ3) is 1.36. The molecule has 0 saturated carbocycles. The van der Waals surface area contributed by atoms with Crippen molar-refractivity contribution >= 4 is 16.7 Å². The molecule has 0 amide bonds. The second-order valence-corrected chi connectivity index (χ2v) is 4.96. The zero-order valence-corrected chi connectivity index (χ0v) is 11.0. The predicted octanol–water partition coefficient (Wildman–Crippen LogP) is 4.27. The molecule has 1 aliphatic carbocycles. The fourth-order valence-electron chi connectivity index (χ4n) is 3.04. The molecule has 2 nitrogen and oxygen atoms in total. The summed E-state index contributed by atoms with van der Waals surface area (Å²) in [5.74, 6) is -0.295. The number of methoxy groups -OCH3 is 1. The van der Waals surface area contributed by atoms with Crippen molar-refractivity contribution in [3.05, 3.63) is 60.2 Å². The first-order valence-electron chi connectivity index (χ1n) is 6.54. The summed E-state index contributed by atoms with van der Waals surface area (Å²) < 4.78 is 4.81. The molecular weight excluding hydrogens is 248 g/mol. The normalized spacial score (nSPS) is 11.4. The van der Waals surface area contributed by atoms with Crippen LogP contribution in [0.5, 0.6) is 0 Å². The Balaban J connectivity index is 2.06. The first kappa shape index (κ1) is 11.2. The zero-order valence-electron chi connectivity index (χ0n) is 11.0. The van der Waals surface area contributed by atoms with Gasteiger partial charge in [-0.3, -0.25) is 0 Å². The van der Waals surface area contributed by atoms with Gasteiger partial charge in [-0.05, 0) is 45.2 Å². The van der Waals surface area contributed by atoms with Crippen LogP contribution in [0.4, 0.5) is 0 Å². The summed E-state index contributed by atoms with van der Waals surface area (Å²) in [6, 6.07) is 18.4. The summed E-state index contributed by atoms with van der Waals surface area (Å²) in [5.41, 5.74) is 5.32. The highest BCUT2D eigenvalue weighted by Gasteiger charge is 2.22. The number of hydrogen-bond acceptors (Lipinski definition) is 2. The largest absolute Gasteiger partial charge is 0.465 e. The molecule has 0 atom stereocenters. The minimum Gasteiger partial charge on any atom is -0.465 e. The highest BCUT2D eigenvalue weighted by molar-refractivity contribution is 6.15. The average molecular weight is 260 g/mol. The molecular formula is C18H12O2. The maximum Gasteiger partial charge on any atom is 0.337 e. The van der Waals surface area contributed by atoms with Crippen LogP contribution in [0.1, 0.15) is 10.4 Å². The molecule has 0 N–H and O–H groups in total. The van der Waals surface area contributed by atoms with E-state index >= 15 is 0 Å². The Morgan fingerprint density at radius 3 is 2.25 bits per heavy atom. The molecule has 0 heterocycles. The van der Waals surface area contributed by atoms with Crippen LogP contribution in [-0.4, -0.2) is 13.1 Å². The van der Waals surface area contributed by atoms with Crippen molar-refractivity contribution in [1.82, 2.24) is 0 Å². The molecule has 96 valence electrons. The van der Waals surface area contributed by atoms with Gasteiger partial charge in [0.25, 0.3) is 0 Å². The fraction of sp³-hybridized carbons (Fsp3) is 0.0556. The number of hydrogen-bond donors (Lipinski definition) is 0. The number of fused-ring (bicyclic) bond motifs is 3. The van der Waals surface area contributed by atoms with Gasteiger partial charge in [0.1, 0.15) is 0 Å². The van der Waals surface area contributed by atoms with Crippen LogP contribution in [0.15, 0.2) is 54.6 Å².